The lowest BCUT2D eigenvalue weighted by atomic mass is 9.96. The van der Waals surface area contributed by atoms with E-state index in [0.29, 0.717) is 11.1 Å². The molecule has 0 aliphatic heterocycles. The van der Waals surface area contributed by atoms with Crippen LogP contribution in [-0.2, 0) is 12.8 Å². The molecule has 0 amide bonds. The van der Waals surface area contributed by atoms with Gasteiger partial charge in [0.1, 0.15) is 28.3 Å². The second-order valence-corrected chi connectivity index (χ2v) is 8.66. The summed E-state index contributed by atoms with van der Waals surface area (Å²) in [4.78, 5) is 13.5. The molecule has 0 saturated heterocycles. The van der Waals surface area contributed by atoms with E-state index in [0.717, 1.165) is 17.2 Å². The Morgan fingerprint density at radius 1 is 1.06 bits per heavy atom. The van der Waals surface area contributed by atoms with Gasteiger partial charge in [-0.1, -0.05) is 34.9 Å². The van der Waals surface area contributed by atoms with Crippen LogP contribution in [0.1, 0.15) is 38.8 Å². The summed E-state index contributed by atoms with van der Waals surface area (Å²) in [6.07, 6.45) is 4.23. The number of aromatic hydroxyl groups is 2. The summed E-state index contributed by atoms with van der Waals surface area (Å²) in [5, 5.41) is 21.8. The fourth-order valence-electron chi connectivity index (χ4n) is 3.51. The first-order chi connectivity index (χ1) is 15.6. The van der Waals surface area contributed by atoms with Crippen molar-refractivity contribution >= 4 is 22.6 Å². The Morgan fingerprint density at radius 3 is 2.21 bits per heavy atom. The van der Waals surface area contributed by atoms with Gasteiger partial charge in [-0.15, -0.1) is 0 Å². The van der Waals surface area contributed by atoms with Crippen molar-refractivity contribution in [3.05, 3.63) is 73.7 Å². The number of allylic oxidation sites excluding steroid dienone is 4. The van der Waals surface area contributed by atoms with E-state index in [-0.39, 0.29) is 57.4 Å². The Bertz CT molecular complexity index is 1340. The molecule has 0 radical (unpaired) electrons. The highest BCUT2D eigenvalue weighted by atomic mass is 35.5. The number of rotatable bonds is 6. The van der Waals surface area contributed by atoms with Gasteiger partial charge in [0.05, 0.1) is 12.1 Å². The number of fused-ring (bicyclic) bond motifs is 1. The van der Waals surface area contributed by atoms with Gasteiger partial charge in [-0.3, -0.25) is 4.79 Å². The van der Waals surface area contributed by atoms with Crippen LogP contribution >= 0.6 is 11.6 Å². The molecule has 7 heteroatoms. The zero-order valence-corrected chi connectivity index (χ0v) is 19.9. The van der Waals surface area contributed by atoms with Crippen LogP contribution in [0.4, 0.5) is 4.39 Å². The number of phenolic OH excluding ortho intramolecular Hbond substituents is 2. The molecule has 0 aliphatic carbocycles. The second kappa shape index (κ2) is 9.71. The molecule has 0 aliphatic rings. The van der Waals surface area contributed by atoms with E-state index in [4.69, 9.17) is 20.8 Å². The number of halogens is 2. The van der Waals surface area contributed by atoms with Gasteiger partial charge in [0.2, 0.25) is 11.2 Å². The minimum absolute atomic E-state index is 0.0196. The molecule has 5 nitrogen and oxygen atoms in total. The van der Waals surface area contributed by atoms with Crippen LogP contribution in [0.3, 0.4) is 0 Å². The maximum atomic E-state index is 13.7. The van der Waals surface area contributed by atoms with E-state index in [9.17, 15) is 19.4 Å². The topological polar surface area (TPSA) is 79.9 Å². The molecule has 0 saturated carbocycles. The maximum Gasteiger partial charge on any atom is 0.239 e. The number of ether oxygens (including phenoxy) is 1. The Morgan fingerprint density at radius 2 is 1.67 bits per heavy atom. The van der Waals surface area contributed by atoms with Crippen LogP contribution in [0.25, 0.3) is 22.3 Å². The zero-order chi connectivity index (χ0) is 24.4. The van der Waals surface area contributed by atoms with Crippen molar-refractivity contribution in [1.82, 2.24) is 0 Å². The van der Waals surface area contributed by atoms with Crippen LogP contribution in [0.5, 0.6) is 17.2 Å². The van der Waals surface area contributed by atoms with Crippen LogP contribution in [0, 0.1) is 5.82 Å². The number of benzene rings is 2. The van der Waals surface area contributed by atoms with E-state index in [1.165, 1.54) is 19.2 Å². The minimum Gasteiger partial charge on any atom is -0.507 e. The molecule has 0 unspecified atom stereocenters. The molecule has 0 atom stereocenters. The SMILES string of the molecule is COc1c(-c2ccc(F)c(Cl)c2)oc2c(CC=C(C)C)c(O)c(CC=C(C)C)c(O)c2c1=O. The molecule has 2 aromatic carbocycles. The van der Waals surface area contributed by atoms with E-state index >= 15 is 0 Å². The first-order valence-electron chi connectivity index (χ1n) is 10.4. The van der Waals surface area contributed by atoms with E-state index < -0.39 is 11.2 Å². The third-order valence-electron chi connectivity index (χ3n) is 5.25. The van der Waals surface area contributed by atoms with Gasteiger partial charge in [0.15, 0.2) is 5.76 Å². The molecular weight excluding hydrogens is 447 g/mol. The van der Waals surface area contributed by atoms with Gasteiger partial charge in [-0.25, -0.2) is 4.39 Å². The van der Waals surface area contributed by atoms with Crippen LogP contribution in [-0.4, -0.2) is 17.3 Å². The van der Waals surface area contributed by atoms with Crippen molar-refractivity contribution in [2.45, 2.75) is 40.5 Å². The van der Waals surface area contributed by atoms with Crippen LogP contribution < -0.4 is 10.2 Å². The quantitative estimate of drug-likeness (QED) is 0.391. The van der Waals surface area contributed by atoms with Gasteiger partial charge in [-0.2, -0.15) is 0 Å². The van der Waals surface area contributed by atoms with Gasteiger partial charge < -0.3 is 19.4 Å². The number of phenols is 2. The molecule has 0 bridgehead atoms. The monoisotopic (exact) mass is 472 g/mol. The molecule has 3 rings (SSSR count). The summed E-state index contributed by atoms with van der Waals surface area (Å²) in [7, 11) is 1.30. The molecular formula is C26H26ClFO5. The van der Waals surface area contributed by atoms with Gasteiger partial charge in [0.25, 0.3) is 0 Å². The average molecular weight is 473 g/mol. The first-order valence-corrected chi connectivity index (χ1v) is 10.8. The van der Waals surface area contributed by atoms with Gasteiger partial charge in [-0.05, 0) is 58.7 Å². The summed E-state index contributed by atoms with van der Waals surface area (Å²) in [6, 6.07) is 3.89. The lowest BCUT2D eigenvalue weighted by Crippen LogP contribution is -2.10. The highest BCUT2D eigenvalue weighted by Gasteiger charge is 2.26. The van der Waals surface area contributed by atoms with Crippen molar-refractivity contribution in [3.8, 4) is 28.6 Å². The summed E-state index contributed by atoms with van der Waals surface area (Å²) in [5.74, 6) is -1.27. The third kappa shape index (κ3) is 4.76. The van der Waals surface area contributed by atoms with Crippen molar-refractivity contribution in [2.24, 2.45) is 0 Å². The summed E-state index contributed by atoms with van der Waals surface area (Å²) in [6.45, 7) is 7.62. The molecule has 3 aromatic rings. The summed E-state index contributed by atoms with van der Waals surface area (Å²) >= 11 is 5.94. The first kappa shape index (κ1) is 24.4. The highest BCUT2D eigenvalue weighted by molar-refractivity contribution is 6.31. The van der Waals surface area contributed by atoms with Gasteiger partial charge in [0, 0.05) is 16.7 Å². The van der Waals surface area contributed by atoms with Crippen LogP contribution in [0.2, 0.25) is 5.02 Å². The molecule has 0 spiro atoms. The van der Waals surface area contributed by atoms with Crippen molar-refractivity contribution in [3.63, 3.8) is 0 Å². The van der Waals surface area contributed by atoms with Crippen molar-refractivity contribution in [2.75, 3.05) is 7.11 Å². The van der Waals surface area contributed by atoms with Crippen molar-refractivity contribution in [1.29, 1.82) is 0 Å². The molecule has 174 valence electrons. The predicted octanol–water partition coefficient (Wildman–Crippen LogP) is 6.69. The standard InChI is InChI=1S/C26H26ClFO5/c1-13(2)6-9-16-21(29)17(10-7-14(3)4)25-20(22(16)30)23(31)26(32-5)24(33-25)15-8-11-19(28)18(27)12-15/h6-8,11-12,29-30H,9-10H2,1-5H3. The normalized spacial score (nSPS) is 10.9. The second-order valence-electron chi connectivity index (χ2n) is 8.25. The van der Waals surface area contributed by atoms with E-state index in [1.807, 2.05) is 39.8 Å². The molecule has 2 N–H and O–H groups in total. The number of hydrogen-bond donors (Lipinski definition) is 2. The number of methoxy groups -OCH3 is 1. The fraction of sp³-hybridized carbons (Fsp3) is 0.269. The van der Waals surface area contributed by atoms with E-state index in [2.05, 4.69) is 0 Å². The fourth-order valence-corrected chi connectivity index (χ4v) is 3.69. The van der Waals surface area contributed by atoms with Crippen molar-refractivity contribution < 1.29 is 23.8 Å². The smallest absolute Gasteiger partial charge is 0.239 e. The van der Waals surface area contributed by atoms with Crippen LogP contribution in [0.15, 0.2) is 50.7 Å². The molecule has 1 heterocycles. The zero-order valence-electron chi connectivity index (χ0n) is 19.2. The maximum absolute atomic E-state index is 13.7. The Hall–Kier alpha value is -3.25. The molecule has 33 heavy (non-hydrogen) atoms. The molecule has 1 aromatic heterocycles. The minimum atomic E-state index is -0.619. The predicted molar refractivity (Wildman–Crippen MR) is 129 cm³/mol. The summed E-state index contributed by atoms with van der Waals surface area (Å²) in [5.41, 5.74) is 2.32. The highest BCUT2D eigenvalue weighted by Crippen LogP contribution is 2.43. The average Bonchev–Trinajstić information content (AvgIpc) is 2.74. The Labute approximate surface area is 196 Å². The summed E-state index contributed by atoms with van der Waals surface area (Å²) < 4.78 is 25.1. The van der Waals surface area contributed by atoms with Gasteiger partial charge >= 0.3 is 0 Å². The lowest BCUT2D eigenvalue weighted by Gasteiger charge is -2.16. The van der Waals surface area contributed by atoms with E-state index in [1.54, 1.807) is 0 Å². The Kier molecular flexibility index (Phi) is 7.18. The molecule has 0 fully saturated rings. The third-order valence-corrected chi connectivity index (χ3v) is 5.54. The number of hydrogen-bond acceptors (Lipinski definition) is 5. The Balaban J connectivity index is 2.47. The lowest BCUT2D eigenvalue weighted by molar-refractivity contribution is 0.396. The largest absolute Gasteiger partial charge is 0.507 e.